The van der Waals surface area contributed by atoms with Crippen molar-refractivity contribution in [1.82, 2.24) is 0 Å². The topological polar surface area (TPSA) is 20.2 Å². The van der Waals surface area contributed by atoms with Crippen molar-refractivity contribution in [3.05, 3.63) is 33.0 Å². The maximum absolute atomic E-state index is 12.9. The minimum atomic E-state index is -0.463. The van der Waals surface area contributed by atoms with Gasteiger partial charge < -0.3 is 5.11 Å². The molecule has 0 aromatic heterocycles. The van der Waals surface area contributed by atoms with Crippen LogP contribution in [0.3, 0.4) is 0 Å². The molecule has 66 valence electrons. The van der Waals surface area contributed by atoms with Gasteiger partial charge in [0.15, 0.2) is 0 Å². The van der Waals surface area contributed by atoms with E-state index < -0.39 is 5.82 Å². The first kappa shape index (κ1) is 9.96. The molecule has 1 aromatic carbocycles. The summed E-state index contributed by atoms with van der Waals surface area (Å²) in [6.07, 6.45) is 0.370. The third-order valence-corrected chi connectivity index (χ3v) is 2.33. The molecular weight excluding hydrogens is 246 g/mol. The van der Waals surface area contributed by atoms with Crippen LogP contribution in [-0.2, 0) is 6.42 Å². The molecule has 4 heteroatoms. The average Bonchev–Trinajstić information content (AvgIpc) is 2.00. The molecule has 0 saturated carbocycles. The second-order valence-electron chi connectivity index (χ2n) is 2.33. The Bertz CT molecular complexity index is 291. The fraction of sp³-hybridized carbons (Fsp3) is 0.250. The van der Waals surface area contributed by atoms with Crippen LogP contribution in [0.2, 0.25) is 5.02 Å². The lowest BCUT2D eigenvalue weighted by atomic mass is 10.1. The Morgan fingerprint density at radius 1 is 1.50 bits per heavy atom. The Hall–Kier alpha value is -0.120. The van der Waals surface area contributed by atoms with Crippen LogP contribution >= 0.6 is 27.5 Å². The summed E-state index contributed by atoms with van der Waals surface area (Å²) in [4.78, 5) is 0. The van der Waals surface area contributed by atoms with Gasteiger partial charge >= 0.3 is 0 Å². The zero-order valence-electron chi connectivity index (χ0n) is 6.15. The maximum Gasteiger partial charge on any atom is 0.143 e. The molecule has 0 atom stereocenters. The third-order valence-electron chi connectivity index (χ3n) is 1.45. The smallest absolute Gasteiger partial charge is 0.143 e. The molecule has 0 saturated heterocycles. The number of hydrogen-bond donors (Lipinski definition) is 1. The largest absolute Gasteiger partial charge is 0.396 e. The molecule has 0 unspecified atom stereocenters. The van der Waals surface area contributed by atoms with Gasteiger partial charge in [-0.15, -0.1) is 0 Å². The van der Waals surface area contributed by atoms with Crippen molar-refractivity contribution in [2.45, 2.75) is 6.42 Å². The Balaban J connectivity index is 3.09. The molecule has 0 fully saturated rings. The molecule has 0 bridgehead atoms. The van der Waals surface area contributed by atoms with Crippen LogP contribution < -0.4 is 0 Å². The van der Waals surface area contributed by atoms with Gasteiger partial charge in [-0.05, 0) is 24.1 Å². The lowest BCUT2D eigenvalue weighted by Gasteiger charge is -2.03. The molecule has 12 heavy (non-hydrogen) atoms. The number of aliphatic hydroxyl groups is 1. The monoisotopic (exact) mass is 252 g/mol. The van der Waals surface area contributed by atoms with Crippen LogP contribution in [-0.4, -0.2) is 11.7 Å². The quantitative estimate of drug-likeness (QED) is 0.804. The van der Waals surface area contributed by atoms with Crippen molar-refractivity contribution in [3.63, 3.8) is 0 Å². The summed E-state index contributed by atoms with van der Waals surface area (Å²) in [7, 11) is 0. The predicted molar refractivity (Wildman–Crippen MR) is 49.9 cm³/mol. The molecule has 0 radical (unpaired) electrons. The number of benzene rings is 1. The summed E-state index contributed by atoms with van der Waals surface area (Å²) in [6.45, 7) is -0.0321. The number of hydrogen-bond acceptors (Lipinski definition) is 1. The van der Waals surface area contributed by atoms with Crippen molar-refractivity contribution in [1.29, 1.82) is 0 Å². The highest BCUT2D eigenvalue weighted by Crippen LogP contribution is 2.24. The van der Waals surface area contributed by atoms with E-state index in [4.69, 9.17) is 16.7 Å². The molecular formula is C8H7BrClFO. The number of aliphatic hydroxyl groups excluding tert-OH is 1. The number of rotatable bonds is 2. The van der Waals surface area contributed by atoms with E-state index in [-0.39, 0.29) is 11.6 Å². The second-order valence-corrected chi connectivity index (χ2v) is 3.63. The first-order valence-corrected chi connectivity index (χ1v) is 4.56. The van der Waals surface area contributed by atoms with E-state index in [0.29, 0.717) is 16.5 Å². The van der Waals surface area contributed by atoms with Gasteiger partial charge in [0.25, 0.3) is 0 Å². The average molecular weight is 253 g/mol. The van der Waals surface area contributed by atoms with E-state index in [1.807, 2.05) is 0 Å². The van der Waals surface area contributed by atoms with Crippen LogP contribution in [0.4, 0.5) is 4.39 Å². The van der Waals surface area contributed by atoms with Crippen molar-refractivity contribution in [2.75, 3.05) is 6.61 Å². The number of halogens is 3. The van der Waals surface area contributed by atoms with Crippen molar-refractivity contribution >= 4 is 27.5 Å². The summed E-state index contributed by atoms with van der Waals surface area (Å²) in [5.41, 5.74) is 0.617. The van der Waals surface area contributed by atoms with Gasteiger partial charge in [0, 0.05) is 11.1 Å². The normalized spacial score (nSPS) is 10.3. The van der Waals surface area contributed by atoms with Crippen LogP contribution in [0.15, 0.2) is 16.6 Å². The Kier molecular flexibility index (Phi) is 3.50. The van der Waals surface area contributed by atoms with E-state index in [1.165, 1.54) is 6.07 Å². The summed E-state index contributed by atoms with van der Waals surface area (Å²) >= 11 is 8.77. The van der Waals surface area contributed by atoms with E-state index in [1.54, 1.807) is 6.07 Å². The van der Waals surface area contributed by atoms with Crippen molar-refractivity contribution < 1.29 is 9.50 Å². The Morgan fingerprint density at radius 2 is 2.17 bits per heavy atom. The molecule has 0 aliphatic carbocycles. The Morgan fingerprint density at radius 3 is 2.75 bits per heavy atom. The summed E-state index contributed by atoms with van der Waals surface area (Å²) in [5.74, 6) is -0.463. The first-order chi connectivity index (χ1) is 5.65. The summed E-state index contributed by atoms with van der Waals surface area (Å²) < 4.78 is 13.6. The van der Waals surface area contributed by atoms with E-state index in [2.05, 4.69) is 15.9 Å². The first-order valence-electron chi connectivity index (χ1n) is 3.39. The van der Waals surface area contributed by atoms with Gasteiger partial charge in [0.05, 0.1) is 5.02 Å². The van der Waals surface area contributed by atoms with Crippen molar-refractivity contribution in [2.24, 2.45) is 0 Å². The highest BCUT2D eigenvalue weighted by molar-refractivity contribution is 9.10. The lowest BCUT2D eigenvalue weighted by Crippen LogP contribution is -1.93. The van der Waals surface area contributed by atoms with E-state index in [9.17, 15) is 4.39 Å². The fourth-order valence-electron chi connectivity index (χ4n) is 0.912. The highest BCUT2D eigenvalue weighted by atomic mass is 79.9. The standard InChI is InChI=1S/C8H7BrClFO/c9-6-3-5(1-2-12)8(10)7(11)4-6/h3-4,12H,1-2H2. The minimum absolute atomic E-state index is 0.0321. The second kappa shape index (κ2) is 4.21. The summed E-state index contributed by atoms with van der Waals surface area (Å²) in [5, 5.41) is 8.72. The van der Waals surface area contributed by atoms with Crippen LogP contribution in [0.25, 0.3) is 0 Å². The molecule has 1 aromatic rings. The van der Waals surface area contributed by atoms with Crippen molar-refractivity contribution in [3.8, 4) is 0 Å². The minimum Gasteiger partial charge on any atom is -0.396 e. The van der Waals surface area contributed by atoms with Gasteiger partial charge in [0.2, 0.25) is 0 Å². The molecule has 1 rings (SSSR count). The molecule has 1 N–H and O–H groups in total. The third kappa shape index (κ3) is 2.19. The fourth-order valence-corrected chi connectivity index (χ4v) is 1.59. The van der Waals surface area contributed by atoms with Gasteiger partial charge in [-0.1, -0.05) is 27.5 Å². The molecule has 0 aliphatic rings. The van der Waals surface area contributed by atoms with Crippen LogP contribution in [0.5, 0.6) is 0 Å². The predicted octanol–water partition coefficient (Wildman–Crippen LogP) is 2.78. The molecule has 0 spiro atoms. The molecule has 0 heterocycles. The zero-order valence-corrected chi connectivity index (χ0v) is 8.49. The maximum atomic E-state index is 12.9. The van der Waals surface area contributed by atoms with E-state index in [0.717, 1.165) is 0 Å². The summed E-state index contributed by atoms with van der Waals surface area (Å²) in [6, 6.07) is 2.99. The van der Waals surface area contributed by atoms with Crippen LogP contribution in [0, 0.1) is 5.82 Å². The van der Waals surface area contributed by atoms with Gasteiger partial charge in [-0.25, -0.2) is 4.39 Å². The zero-order chi connectivity index (χ0) is 9.14. The van der Waals surface area contributed by atoms with Gasteiger partial charge in [-0.2, -0.15) is 0 Å². The Labute approximate surface area is 83.3 Å². The molecule has 0 aliphatic heterocycles. The lowest BCUT2D eigenvalue weighted by molar-refractivity contribution is 0.299. The van der Waals surface area contributed by atoms with Gasteiger partial charge in [-0.3, -0.25) is 0 Å². The molecule has 1 nitrogen and oxygen atoms in total. The SMILES string of the molecule is OCCc1cc(Br)cc(F)c1Cl. The van der Waals surface area contributed by atoms with Crippen LogP contribution in [0.1, 0.15) is 5.56 Å². The molecule has 0 amide bonds. The van der Waals surface area contributed by atoms with Gasteiger partial charge in [0.1, 0.15) is 5.82 Å². The highest BCUT2D eigenvalue weighted by Gasteiger charge is 2.06. The van der Waals surface area contributed by atoms with E-state index >= 15 is 0 Å².